The van der Waals surface area contributed by atoms with Gasteiger partial charge in [-0.25, -0.2) is 0 Å². The molecule has 0 heterocycles. The number of benzene rings is 1. The van der Waals surface area contributed by atoms with Gasteiger partial charge in [0.2, 0.25) is 0 Å². The van der Waals surface area contributed by atoms with Gasteiger partial charge < -0.3 is 10.6 Å². The SMILES string of the molecule is CN=C(NCC1(c2ccccc2)CCCC1)NC1CC1. The van der Waals surface area contributed by atoms with E-state index in [0.717, 1.165) is 12.5 Å². The lowest BCUT2D eigenvalue weighted by Gasteiger charge is -2.30. The maximum atomic E-state index is 4.35. The van der Waals surface area contributed by atoms with Gasteiger partial charge in [-0.2, -0.15) is 0 Å². The van der Waals surface area contributed by atoms with E-state index < -0.39 is 0 Å². The van der Waals surface area contributed by atoms with Gasteiger partial charge in [-0.1, -0.05) is 43.2 Å². The minimum Gasteiger partial charge on any atom is -0.356 e. The molecular weight excluding hydrogens is 246 g/mol. The molecule has 2 saturated carbocycles. The van der Waals surface area contributed by atoms with Gasteiger partial charge >= 0.3 is 0 Å². The average molecular weight is 271 g/mol. The molecule has 20 heavy (non-hydrogen) atoms. The zero-order valence-electron chi connectivity index (χ0n) is 12.4. The van der Waals surface area contributed by atoms with Crippen molar-refractivity contribution in [1.29, 1.82) is 0 Å². The number of nitrogens with zero attached hydrogens (tertiary/aromatic N) is 1. The highest BCUT2D eigenvalue weighted by Gasteiger charge is 2.35. The molecule has 3 heteroatoms. The van der Waals surface area contributed by atoms with Crippen molar-refractivity contribution in [2.75, 3.05) is 13.6 Å². The molecule has 2 N–H and O–H groups in total. The first kappa shape index (κ1) is 13.5. The Labute approximate surface area is 121 Å². The molecule has 0 bridgehead atoms. The molecule has 2 aliphatic carbocycles. The number of rotatable bonds is 4. The average Bonchev–Trinajstić information content (AvgIpc) is 3.19. The quantitative estimate of drug-likeness (QED) is 0.652. The molecule has 0 saturated heterocycles. The monoisotopic (exact) mass is 271 g/mol. The molecule has 0 amide bonds. The normalized spacial score (nSPS) is 21.8. The standard InChI is InChI=1S/C17H25N3/c1-18-16(20-15-9-10-15)19-13-17(11-5-6-12-17)14-7-3-2-4-8-14/h2-4,7-8,15H,5-6,9-13H2,1H3,(H2,18,19,20). The second-order valence-corrected chi connectivity index (χ2v) is 6.20. The number of hydrogen-bond donors (Lipinski definition) is 2. The summed E-state index contributed by atoms with van der Waals surface area (Å²) in [4.78, 5) is 4.35. The lowest BCUT2D eigenvalue weighted by molar-refractivity contribution is 0.431. The van der Waals surface area contributed by atoms with Crippen molar-refractivity contribution in [2.24, 2.45) is 4.99 Å². The lowest BCUT2D eigenvalue weighted by atomic mass is 9.79. The summed E-state index contributed by atoms with van der Waals surface area (Å²) >= 11 is 0. The van der Waals surface area contributed by atoms with Crippen molar-refractivity contribution in [1.82, 2.24) is 10.6 Å². The van der Waals surface area contributed by atoms with Crippen molar-refractivity contribution < 1.29 is 0 Å². The van der Waals surface area contributed by atoms with E-state index in [2.05, 4.69) is 46.0 Å². The van der Waals surface area contributed by atoms with Crippen molar-refractivity contribution >= 4 is 5.96 Å². The molecule has 108 valence electrons. The molecule has 0 atom stereocenters. The second-order valence-electron chi connectivity index (χ2n) is 6.20. The van der Waals surface area contributed by atoms with Crippen LogP contribution in [0.5, 0.6) is 0 Å². The molecule has 1 aromatic carbocycles. The van der Waals surface area contributed by atoms with Crippen LogP contribution in [0.4, 0.5) is 0 Å². The van der Waals surface area contributed by atoms with E-state index in [9.17, 15) is 0 Å². The number of nitrogens with one attached hydrogen (secondary N) is 2. The minimum absolute atomic E-state index is 0.294. The number of aliphatic imine (C=N–C) groups is 1. The van der Waals surface area contributed by atoms with E-state index in [1.165, 1.54) is 44.1 Å². The number of guanidine groups is 1. The molecule has 0 unspecified atom stereocenters. The third kappa shape index (κ3) is 2.97. The van der Waals surface area contributed by atoms with Crippen LogP contribution >= 0.6 is 0 Å². The summed E-state index contributed by atoms with van der Waals surface area (Å²) in [5, 5.41) is 7.03. The minimum atomic E-state index is 0.294. The summed E-state index contributed by atoms with van der Waals surface area (Å²) in [6.07, 6.45) is 7.81. The zero-order chi connectivity index (χ0) is 13.8. The third-order valence-electron chi connectivity index (χ3n) is 4.68. The van der Waals surface area contributed by atoms with Gasteiger partial charge in [0.25, 0.3) is 0 Å². The highest BCUT2D eigenvalue weighted by Crippen LogP contribution is 2.40. The fraction of sp³-hybridized carbons (Fsp3) is 0.588. The van der Waals surface area contributed by atoms with Gasteiger partial charge in [0.05, 0.1) is 0 Å². The van der Waals surface area contributed by atoms with Gasteiger partial charge in [-0.3, -0.25) is 4.99 Å². The highest BCUT2D eigenvalue weighted by molar-refractivity contribution is 5.80. The van der Waals surface area contributed by atoms with E-state index in [-0.39, 0.29) is 0 Å². The first-order valence-corrected chi connectivity index (χ1v) is 7.85. The lowest BCUT2D eigenvalue weighted by Crippen LogP contribution is -2.45. The molecule has 0 spiro atoms. The van der Waals surface area contributed by atoms with Crippen LogP contribution < -0.4 is 10.6 Å². The van der Waals surface area contributed by atoms with Crippen molar-refractivity contribution in [2.45, 2.75) is 50.0 Å². The predicted octanol–water partition coefficient (Wildman–Crippen LogP) is 2.83. The Bertz CT molecular complexity index is 456. The topological polar surface area (TPSA) is 36.4 Å². The summed E-state index contributed by atoms with van der Waals surface area (Å²) < 4.78 is 0. The third-order valence-corrected chi connectivity index (χ3v) is 4.68. The fourth-order valence-corrected chi connectivity index (χ4v) is 3.28. The van der Waals surface area contributed by atoms with Gasteiger partial charge in [0.1, 0.15) is 0 Å². The largest absolute Gasteiger partial charge is 0.356 e. The fourth-order valence-electron chi connectivity index (χ4n) is 3.28. The molecule has 2 fully saturated rings. The maximum absolute atomic E-state index is 4.35. The van der Waals surface area contributed by atoms with E-state index in [1.54, 1.807) is 0 Å². The molecule has 0 aromatic heterocycles. The Balaban J connectivity index is 1.68. The molecule has 0 aliphatic heterocycles. The highest BCUT2D eigenvalue weighted by atomic mass is 15.2. The summed E-state index contributed by atoms with van der Waals surface area (Å²) in [6.45, 7) is 0.989. The Hall–Kier alpha value is -1.51. The van der Waals surface area contributed by atoms with Crippen LogP contribution in [0.15, 0.2) is 35.3 Å². The summed E-state index contributed by atoms with van der Waals surface area (Å²) in [7, 11) is 1.86. The number of hydrogen-bond acceptors (Lipinski definition) is 1. The van der Waals surface area contributed by atoms with Crippen LogP contribution in [0.1, 0.15) is 44.1 Å². The van der Waals surface area contributed by atoms with Crippen molar-refractivity contribution in [3.63, 3.8) is 0 Å². The van der Waals surface area contributed by atoms with Gasteiger partial charge in [-0.15, -0.1) is 0 Å². The van der Waals surface area contributed by atoms with Gasteiger partial charge in [-0.05, 0) is 31.2 Å². The van der Waals surface area contributed by atoms with E-state index in [1.807, 2.05) is 7.05 Å². The Morgan fingerprint density at radius 1 is 1.20 bits per heavy atom. The Morgan fingerprint density at radius 3 is 2.50 bits per heavy atom. The van der Waals surface area contributed by atoms with Crippen LogP contribution in [0.3, 0.4) is 0 Å². The van der Waals surface area contributed by atoms with Crippen LogP contribution in [-0.2, 0) is 5.41 Å². The zero-order valence-corrected chi connectivity index (χ0v) is 12.4. The second kappa shape index (κ2) is 5.86. The molecule has 2 aliphatic rings. The van der Waals surface area contributed by atoms with Gasteiger partial charge in [0.15, 0.2) is 5.96 Å². The molecular formula is C17H25N3. The molecule has 3 rings (SSSR count). The first-order valence-electron chi connectivity index (χ1n) is 7.85. The van der Waals surface area contributed by atoms with E-state index in [4.69, 9.17) is 0 Å². The van der Waals surface area contributed by atoms with Crippen molar-refractivity contribution in [3.8, 4) is 0 Å². The molecule has 3 nitrogen and oxygen atoms in total. The van der Waals surface area contributed by atoms with E-state index >= 15 is 0 Å². The first-order chi connectivity index (χ1) is 9.82. The van der Waals surface area contributed by atoms with Crippen LogP contribution in [0.2, 0.25) is 0 Å². The molecule has 1 aromatic rings. The summed E-state index contributed by atoms with van der Waals surface area (Å²) in [5.41, 5.74) is 1.77. The van der Waals surface area contributed by atoms with Gasteiger partial charge in [0, 0.05) is 25.0 Å². The van der Waals surface area contributed by atoms with Crippen LogP contribution in [-0.4, -0.2) is 25.6 Å². The van der Waals surface area contributed by atoms with Crippen molar-refractivity contribution in [3.05, 3.63) is 35.9 Å². The maximum Gasteiger partial charge on any atom is 0.191 e. The van der Waals surface area contributed by atoms with Crippen LogP contribution in [0, 0.1) is 0 Å². The smallest absolute Gasteiger partial charge is 0.191 e. The molecule has 0 radical (unpaired) electrons. The van der Waals surface area contributed by atoms with E-state index in [0.29, 0.717) is 11.5 Å². The Morgan fingerprint density at radius 2 is 1.90 bits per heavy atom. The van der Waals surface area contributed by atoms with Crippen LogP contribution in [0.25, 0.3) is 0 Å². The summed E-state index contributed by atoms with van der Waals surface area (Å²) in [5.74, 6) is 0.967. The predicted molar refractivity (Wildman–Crippen MR) is 84.1 cm³/mol. The Kier molecular flexibility index (Phi) is 3.95. The summed E-state index contributed by atoms with van der Waals surface area (Å²) in [6, 6.07) is 11.6.